The fraction of sp³-hybridized carbons (Fsp3) is 0.286. The average Bonchev–Trinajstić information content (AvgIpc) is 2.97. The zero-order valence-electron chi connectivity index (χ0n) is 11.2. The van der Waals surface area contributed by atoms with Crippen LogP contribution in [0, 0.1) is 0 Å². The van der Waals surface area contributed by atoms with Crippen LogP contribution in [0.2, 0.25) is 0 Å². The molecule has 0 aliphatic rings. The summed E-state index contributed by atoms with van der Waals surface area (Å²) in [6.45, 7) is 1.65. The second kappa shape index (κ2) is 4.85. The quantitative estimate of drug-likeness (QED) is 0.769. The summed E-state index contributed by atoms with van der Waals surface area (Å²) in [5, 5.41) is 8.62. The highest BCUT2D eigenvalue weighted by molar-refractivity contribution is 5.80. The van der Waals surface area contributed by atoms with Crippen LogP contribution in [0.4, 0.5) is 0 Å². The smallest absolute Gasteiger partial charge is 0.140 e. The molecule has 3 heterocycles. The summed E-state index contributed by atoms with van der Waals surface area (Å²) in [6.07, 6.45) is 7.94. The van der Waals surface area contributed by atoms with E-state index in [1.807, 2.05) is 43.4 Å². The molecule has 0 aliphatic carbocycles. The highest BCUT2D eigenvalue weighted by Gasteiger charge is 2.09. The minimum Gasteiger partial charge on any atom is -0.328 e. The van der Waals surface area contributed by atoms with Crippen molar-refractivity contribution in [1.29, 1.82) is 0 Å². The van der Waals surface area contributed by atoms with E-state index >= 15 is 0 Å². The zero-order valence-corrected chi connectivity index (χ0v) is 11.2. The van der Waals surface area contributed by atoms with Crippen molar-refractivity contribution < 1.29 is 0 Å². The lowest BCUT2D eigenvalue weighted by Gasteiger charge is -2.01. The Hall–Kier alpha value is -2.14. The van der Waals surface area contributed by atoms with Gasteiger partial charge >= 0.3 is 0 Å². The van der Waals surface area contributed by atoms with Crippen molar-refractivity contribution in [2.24, 2.45) is 7.05 Å². The minimum atomic E-state index is 0.797. The molecule has 0 aliphatic heterocycles. The van der Waals surface area contributed by atoms with Crippen LogP contribution < -0.4 is 5.32 Å². The molecule has 0 saturated carbocycles. The Morgan fingerprint density at radius 3 is 2.95 bits per heavy atom. The van der Waals surface area contributed by atoms with Gasteiger partial charge in [0.25, 0.3) is 0 Å². The van der Waals surface area contributed by atoms with Gasteiger partial charge in [0.2, 0.25) is 0 Å². The van der Waals surface area contributed by atoms with Crippen molar-refractivity contribution in [3.05, 3.63) is 48.0 Å². The molecule has 5 nitrogen and oxygen atoms in total. The maximum absolute atomic E-state index is 4.50. The van der Waals surface area contributed by atoms with E-state index in [0.29, 0.717) is 0 Å². The van der Waals surface area contributed by atoms with Crippen LogP contribution >= 0.6 is 0 Å². The van der Waals surface area contributed by atoms with Crippen molar-refractivity contribution in [1.82, 2.24) is 24.6 Å². The van der Waals surface area contributed by atoms with Crippen molar-refractivity contribution >= 4 is 11.0 Å². The van der Waals surface area contributed by atoms with Gasteiger partial charge in [-0.2, -0.15) is 5.10 Å². The largest absolute Gasteiger partial charge is 0.328 e. The first kappa shape index (κ1) is 11.9. The fourth-order valence-electron chi connectivity index (χ4n) is 2.40. The van der Waals surface area contributed by atoms with E-state index in [9.17, 15) is 0 Å². The molecule has 0 fully saturated rings. The van der Waals surface area contributed by atoms with Crippen molar-refractivity contribution in [3.63, 3.8) is 0 Å². The molecule has 0 aromatic carbocycles. The summed E-state index contributed by atoms with van der Waals surface area (Å²) in [5.41, 5.74) is 3.48. The fourth-order valence-corrected chi connectivity index (χ4v) is 2.40. The number of fused-ring (bicyclic) bond motifs is 1. The van der Waals surface area contributed by atoms with E-state index in [0.717, 1.165) is 18.7 Å². The monoisotopic (exact) mass is 255 g/mol. The van der Waals surface area contributed by atoms with Crippen LogP contribution in [-0.4, -0.2) is 26.4 Å². The normalized spacial score (nSPS) is 11.3. The Balaban J connectivity index is 2.03. The number of hydrogen-bond donors (Lipinski definition) is 1. The second-order valence-electron chi connectivity index (χ2n) is 4.71. The first-order valence-electron chi connectivity index (χ1n) is 6.33. The summed E-state index contributed by atoms with van der Waals surface area (Å²) >= 11 is 0. The van der Waals surface area contributed by atoms with Gasteiger partial charge in [-0.15, -0.1) is 0 Å². The van der Waals surface area contributed by atoms with Crippen LogP contribution in [0.15, 0.2) is 36.9 Å². The minimum absolute atomic E-state index is 0.797. The molecule has 0 atom stereocenters. The van der Waals surface area contributed by atoms with Crippen molar-refractivity contribution in [2.75, 3.05) is 7.05 Å². The highest BCUT2D eigenvalue weighted by atomic mass is 15.2. The van der Waals surface area contributed by atoms with Crippen LogP contribution in [-0.2, 0) is 20.1 Å². The standard InChI is InChI=1S/C14H17N5/c1-15-7-12-10-19(9-11-6-17-18(2)8-11)14-13(12)4-3-5-16-14/h3-6,8,10,15H,7,9H2,1-2H3. The molecule has 3 rings (SSSR count). The number of aryl methyl sites for hydroxylation is 1. The number of nitrogens with one attached hydrogen (secondary N) is 1. The SMILES string of the molecule is CNCc1cn(Cc2cnn(C)c2)c2ncccc12. The number of aromatic nitrogens is 4. The maximum Gasteiger partial charge on any atom is 0.140 e. The number of pyridine rings is 1. The van der Waals surface area contributed by atoms with Crippen LogP contribution in [0.5, 0.6) is 0 Å². The lowest BCUT2D eigenvalue weighted by atomic mass is 10.2. The first-order valence-corrected chi connectivity index (χ1v) is 6.33. The molecule has 0 radical (unpaired) electrons. The molecule has 0 saturated heterocycles. The molecule has 5 heteroatoms. The molecule has 3 aromatic rings. The van der Waals surface area contributed by atoms with E-state index in [-0.39, 0.29) is 0 Å². The number of nitrogens with zero attached hydrogens (tertiary/aromatic N) is 4. The van der Waals surface area contributed by atoms with E-state index in [1.165, 1.54) is 16.5 Å². The van der Waals surface area contributed by atoms with Gasteiger partial charge in [0.1, 0.15) is 5.65 Å². The Morgan fingerprint density at radius 1 is 1.32 bits per heavy atom. The van der Waals surface area contributed by atoms with Gasteiger partial charge in [-0.1, -0.05) is 0 Å². The second-order valence-corrected chi connectivity index (χ2v) is 4.71. The summed E-state index contributed by atoms with van der Waals surface area (Å²) in [4.78, 5) is 4.50. The molecule has 1 N–H and O–H groups in total. The van der Waals surface area contributed by atoms with Gasteiger partial charge < -0.3 is 9.88 Å². The third kappa shape index (κ3) is 2.24. The summed E-state index contributed by atoms with van der Waals surface area (Å²) in [5.74, 6) is 0. The van der Waals surface area contributed by atoms with E-state index in [1.54, 1.807) is 0 Å². The highest BCUT2D eigenvalue weighted by Crippen LogP contribution is 2.20. The Kier molecular flexibility index (Phi) is 3.05. The van der Waals surface area contributed by atoms with E-state index in [4.69, 9.17) is 0 Å². The lowest BCUT2D eigenvalue weighted by Crippen LogP contribution is -2.04. The molecule has 0 spiro atoms. The van der Waals surface area contributed by atoms with Gasteiger partial charge in [-0.05, 0) is 24.7 Å². The molecule has 98 valence electrons. The van der Waals surface area contributed by atoms with E-state index < -0.39 is 0 Å². The van der Waals surface area contributed by atoms with Crippen LogP contribution in [0.1, 0.15) is 11.1 Å². The molecule has 3 aromatic heterocycles. The number of hydrogen-bond acceptors (Lipinski definition) is 3. The van der Waals surface area contributed by atoms with Gasteiger partial charge in [0, 0.05) is 43.1 Å². The predicted molar refractivity (Wildman–Crippen MR) is 74.8 cm³/mol. The Bertz CT molecular complexity index is 695. The predicted octanol–water partition coefficient (Wildman–Crippen LogP) is 1.54. The number of rotatable bonds is 4. The van der Waals surface area contributed by atoms with Crippen LogP contribution in [0.3, 0.4) is 0 Å². The van der Waals surface area contributed by atoms with Gasteiger partial charge in [0.05, 0.1) is 12.7 Å². The first-order chi connectivity index (χ1) is 9.28. The summed E-state index contributed by atoms with van der Waals surface area (Å²) in [7, 11) is 3.89. The molecule has 0 amide bonds. The average molecular weight is 255 g/mol. The van der Waals surface area contributed by atoms with E-state index in [2.05, 4.69) is 32.2 Å². The molecule has 19 heavy (non-hydrogen) atoms. The molecular formula is C14H17N5. The molecular weight excluding hydrogens is 238 g/mol. The van der Waals surface area contributed by atoms with Crippen LogP contribution in [0.25, 0.3) is 11.0 Å². The van der Waals surface area contributed by atoms with Gasteiger partial charge in [-0.3, -0.25) is 4.68 Å². The lowest BCUT2D eigenvalue weighted by molar-refractivity contribution is 0.763. The zero-order chi connectivity index (χ0) is 13.2. The Morgan fingerprint density at radius 2 is 2.21 bits per heavy atom. The van der Waals surface area contributed by atoms with Gasteiger partial charge in [-0.25, -0.2) is 4.98 Å². The summed E-state index contributed by atoms with van der Waals surface area (Å²) < 4.78 is 4.00. The topological polar surface area (TPSA) is 47.7 Å². The third-order valence-electron chi connectivity index (χ3n) is 3.19. The third-order valence-corrected chi connectivity index (χ3v) is 3.19. The van der Waals surface area contributed by atoms with Crippen molar-refractivity contribution in [2.45, 2.75) is 13.1 Å². The van der Waals surface area contributed by atoms with Gasteiger partial charge in [0.15, 0.2) is 0 Å². The maximum atomic E-state index is 4.50. The van der Waals surface area contributed by atoms with Crippen molar-refractivity contribution in [3.8, 4) is 0 Å². The Labute approximate surface area is 111 Å². The molecule has 0 unspecified atom stereocenters. The molecule has 0 bridgehead atoms. The summed E-state index contributed by atoms with van der Waals surface area (Å²) in [6, 6.07) is 4.10.